The van der Waals surface area contributed by atoms with Gasteiger partial charge in [0.1, 0.15) is 0 Å². The van der Waals surface area contributed by atoms with E-state index < -0.39 is 6.10 Å². The summed E-state index contributed by atoms with van der Waals surface area (Å²) in [4.78, 5) is 4.84. The molecule has 3 aromatic rings. The Morgan fingerprint density at radius 2 is 1.96 bits per heavy atom. The van der Waals surface area contributed by atoms with Crippen molar-refractivity contribution in [1.82, 2.24) is 10.3 Å². The van der Waals surface area contributed by atoms with Crippen molar-refractivity contribution in [2.45, 2.75) is 25.5 Å². The van der Waals surface area contributed by atoms with Crippen LogP contribution in [0.25, 0.3) is 22.2 Å². The number of halogens is 1. The van der Waals surface area contributed by atoms with Crippen molar-refractivity contribution in [1.29, 1.82) is 0 Å². The van der Waals surface area contributed by atoms with Gasteiger partial charge >= 0.3 is 0 Å². The van der Waals surface area contributed by atoms with Crippen LogP contribution in [-0.2, 0) is 0 Å². The SMILES string of the molecule is Cc1ccc2nc(-c3ccc(Br)cc3)cc([C@@H](O)[C@H]3C=CCCN3)c2c1. The van der Waals surface area contributed by atoms with Crippen LogP contribution in [0.15, 0.2) is 65.2 Å². The van der Waals surface area contributed by atoms with E-state index in [1.165, 1.54) is 0 Å². The van der Waals surface area contributed by atoms with E-state index in [0.717, 1.165) is 50.7 Å². The number of pyridine rings is 1. The zero-order valence-electron chi connectivity index (χ0n) is 14.6. The molecule has 0 saturated carbocycles. The predicted octanol–water partition coefficient (Wildman–Crippen LogP) is 4.92. The van der Waals surface area contributed by atoms with Crippen molar-refractivity contribution in [3.63, 3.8) is 0 Å². The zero-order chi connectivity index (χ0) is 18.1. The Labute approximate surface area is 161 Å². The van der Waals surface area contributed by atoms with E-state index in [-0.39, 0.29) is 6.04 Å². The maximum absolute atomic E-state index is 11.1. The summed E-state index contributed by atoms with van der Waals surface area (Å²) in [5.41, 5.74) is 4.90. The van der Waals surface area contributed by atoms with Crippen molar-refractivity contribution in [2.75, 3.05) is 6.54 Å². The normalized spacial score (nSPS) is 18.2. The highest BCUT2D eigenvalue weighted by molar-refractivity contribution is 9.10. The van der Waals surface area contributed by atoms with E-state index in [0.29, 0.717) is 0 Å². The first kappa shape index (κ1) is 17.4. The Morgan fingerprint density at radius 1 is 1.15 bits per heavy atom. The fraction of sp³-hybridized carbons (Fsp3) is 0.227. The van der Waals surface area contributed by atoms with E-state index in [2.05, 4.69) is 52.5 Å². The summed E-state index contributed by atoms with van der Waals surface area (Å²) in [5, 5.41) is 15.5. The molecule has 1 aromatic heterocycles. The second-order valence-electron chi connectivity index (χ2n) is 6.77. The van der Waals surface area contributed by atoms with Crippen LogP contribution in [0.4, 0.5) is 0 Å². The summed E-state index contributed by atoms with van der Waals surface area (Å²) in [6.07, 6.45) is 4.58. The molecule has 0 spiro atoms. The number of aliphatic hydroxyl groups is 1. The quantitative estimate of drug-likeness (QED) is 0.604. The van der Waals surface area contributed by atoms with Gasteiger partial charge < -0.3 is 10.4 Å². The number of rotatable bonds is 3. The lowest BCUT2D eigenvalue weighted by Crippen LogP contribution is -2.36. The van der Waals surface area contributed by atoms with E-state index >= 15 is 0 Å². The van der Waals surface area contributed by atoms with Crippen molar-refractivity contribution >= 4 is 26.8 Å². The minimum Gasteiger partial charge on any atom is -0.386 e. The molecule has 26 heavy (non-hydrogen) atoms. The molecule has 1 aliphatic heterocycles. The van der Waals surface area contributed by atoms with Crippen LogP contribution in [0.1, 0.15) is 23.7 Å². The second kappa shape index (κ2) is 7.31. The lowest BCUT2D eigenvalue weighted by atomic mass is 9.94. The largest absolute Gasteiger partial charge is 0.386 e. The summed E-state index contributed by atoms with van der Waals surface area (Å²) < 4.78 is 1.04. The van der Waals surface area contributed by atoms with Crippen LogP contribution in [-0.4, -0.2) is 22.7 Å². The minimum absolute atomic E-state index is 0.0763. The first-order valence-electron chi connectivity index (χ1n) is 8.87. The van der Waals surface area contributed by atoms with Gasteiger partial charge in [-0.05, 0) is 55.8 Å². The van der Waals surface area contributed by atoms with Crippen LogP contribution in [0.2, 0.25) is 0 Å². The third-order valence-corrected chi connectivity index (χ3v) is 5.36. The molecule has 4 heteroatoms. The van der Waals surface area contributed by atoms with E-state index in [9.17, 15) is 5.11 Å². The third-order valence-electron chi connectivity index (χ3n) is 4.83. The van der Waals surface area contributed by atoms with E-state index in [1.807, 2.05) is 36.4 Å². The van der Waals surface area contributed by atoms with Crippen molar-refractivity contribution in [2.24, 2.45) is 0 Å². The van der Waals surface area contributed by atoms with Gasteiger partial charge in [-0.1, -0.05) is 51.8 Å². The molecule has 4 rings (SSSR count). The topological polar surface area (TPSA) is 45.2 Å². The lowest BCUT2D eigenvalue weighted by Gasteiger charge is -2.25. The van der Waals surface area contributed by atoms with Gasteiger partial charge in [0.25, 0.3) is 0 Å². The Balaban J connectivity index is 1.87. The molecule has 2 N–H and O–H groups in total. The van der Waals surface area contributed by atoms with Gasteiger partial charge in [-0.3, -0.25) is 0 Å². The van der Waals surface area contributed by atoms with E-state index in [1.54, 1.807) is 0 Å². The Morgan fingerprint density at radius 3 is 2.69 bits per heavy atom. The molecule has 0 amide bonds. The molecule has 0 bridgehead atoms. The van der Waals surface area contributed by atoms with Crippen LogP contribution in [0.5, 0.6) is 0 Å². The fourth-order valence-electron chi connectivity index (χ4n) is 3.43. The number of nitrogens with one attached hydrogen (secondary N) is 1. The third kappa shape index (κ3) is 3.45. The predicted molar refractivity (Wildman–Crippen MR) is 110 cm³/mol. The number of nitrogens with zero attached hydrogens (tertiary/aromatic N) is 1. The molecule has 0 radical (unpaired) electrons. The van der Waals surface area contributed by atoms with Gasteiger partial charge in [0.05, 0.1) is 23.4 Å². The maximum Gasteiger partial charge on any atom is 0.0986 e. The first-order chi connectivity index (χ1) is 12.6. The highest BCUT2D eigenvalue weighted by Crippen LogP contribution is 2.32. The monoisotopic (exact) mass is 408 g/mol. The number of hydrogen-bond acceptors (Lipinski definition) is 3. The van der Waals surface area contributed by atoms with Gasteiger partial charge in [-0.25, -0.2) is 4.98 Å². The molecule has 2 aromatic carbocycles. The molecule has 3 nitrogen and oxygen atoms in total. The molecule has 0 saturated heterocycles. The average molecular weight is 409 g/mol. The van der Waals surface area contributed by atoms with Gasteiger partial charge in [0.15, 0.2) is 0 Å². The minimum atomic E-state index is -0.618. The summed E-state index contributed by atoms with van der Waals surface area (Å²) in [7, 11) is 0. The zero-order valence-corrected chi connectivity index (χ0v) is 16.2. The van der Waals surface area contributed by atoms with Crippen LogP contribution in [0.3, 0.4) is 0 Å². The van der Waals surface area contributed by atoms with E-state index in [4.69, 9.17) is 4.98 Å². The summed E-state index contributed by atoms with van der Waals surface area (Å²) in [6, 6.07) is 16.3. The molecule has 0 unspecified atom stereocenters. The average Bonchev–Trinajstić information content (AvgIpc) is 2.68. The van der Waals surface area contributed by atoms with Crippen molar-refractivity contribution in [3.8, 4) is 11.3 Å². The van der Waals surface area contributed by atoms with Crippen LogP contribution >= 0.6 is 15.9 Å². The number of benzene rings is 2. The lowest BCUT2D eigenvalue weighted by molar-refractivity contribution is 0.147. The molecule has 132 valence electrons. The fourth-order valence-corrected chi connectivity index (χ4v) is 3.70. The molecular weight excluding hydrogens is 388 g/mol. The second-order valence-corrected chi connectivity index (χ2v) is 7.68. The highest BCUT2D eigenvalue weighted by atomic mass is 79.9. The smallest absolute Gasteiger partial charge is 0.0986 e. The molecule has 0 fully saturated rings. The summed E-state index contributed by atoms with van der Waals surface area (Å²) in [6.45, 7) is 2.96. The molecular formula is C22H21BrN2O. The number of fused-ring (bicyclic) bond motifs is 1. The molecule has 2 heterocycles. The number of aliphatic hydroxyl groups excluding tert-OH is 1. The van der Waals surface area contributed by atoms with Crippen molar-refractivity contribution in [3.05, 3.63) is 76.3 Å². The Kier molecular flexibility index (Phi) is 4.90. The Bertz CT molecular complexity index is 966. The first-order valence-corrected chi connectivity index (χ1v) is 9.66. The number of aromatic nitrogens is 1. The standard InChI is InChI=1S/C22H21BrN2O/c1-14-5-10-19-17(12-14)18(22(26)20-4-2-3-11-24-20)13-21(25-19)15-6-8-16(23)9-7-15/h2,4-10,12-13,20,22,24,26H,3,11H2,1H3/t20-,22-/m1/s1. The van der Waals surface area contributed by atoms with Gasteiger partial charge in [-0.2, -0.15) is 0 Å². The van der Waals surface area contributed by atoms with Crippen molar-refractivity contribution < 1.29 is 5.11 Å². The van der Waals surface area contributed by atoms with Gasteiger partial charge in [-0.15, -0.1) is 0 Å². The summed E-state index contributed by atoms with van der Waals surface area (Å²) in [5.74, 6) is 0. The van der Waals surface area contributed by atoms with Gasteiger partial charge in [0, 0.05) is 15.4 Å². The van der Waals surface area contributed by atoms with Crippen LogP contribution < -0.4 is 5.32 Å². The number of aryl methyl sites for hydroxylation is 1. The maximum atomic E-state index is 11.1. The molecule has 1 aliphatic rings. The highest BCUT2D eigenvalue weighted by Gasteiger charge is 2.23. The molecule has 0 aliphatic carbocycles. The number of hydrogen-bond donors (Lipinski definition) is 2. The van der Waals surface area contributed by atoms with Crippen LogP contribution in [0, 0.1) is 6.92 Å². The van der Waals surface area contributed by atoms with Gasteiger partial charge in [0.2, 0.25) is 0 Å². The summed E-state index contributed by atoms with van der Waals surface area (Å²) >= 11 is 3.48. The Hall–Kier alpha value is -2.01. The molecule has 2 atom stereocenters.